The number of fused-ring (bicyclic) bond motifs is 1. The van der Waals surface area contributed by atoms with Crippen molar-refractivity contribution in [2.75, 3.05) is 0 Å². The van der Waals surface area contributed by atoms with E-state index >= 15 is 0 Å². The van der Waals surface area contributed by atoms with Crippen molar-refractivity contribution in [3.05, 3.63) is 96.8 Å². The standard InChI is InChI=1S/C25H21N3O/c1-2-3-4-17-5-7-18(8-6-17)19-9-11-20(12-10-19)24-15-21(25(26)29)22-16-27-14-13-23(22)28-24/h2,5-16H,1,3-4H2,(H2,26,29). The average Bonchev–Trinajstić information content (AvgIpc) is 2.77. The molecule has 0 spiro atoms. The number of nitrogens with zero attached hydrogens (tertiary/aromatic N) is 2. The van der Waals surface area contributed by atoms with Crippen LogP contribution in [0.4, 0.5) is 0 Å². The molecule has 2 aromatic carbocycles. The van der Waals surface area contributed by atoms with Gasteiger partial charge in [-0.1, -0.05) is 54.6 Å². The Bertz CT molecular complexity index is 1180. The highest BCUT2D eigenvalue weighted by Crippen LogP contribution is 2.27. The smallest absolute Gasteiger partial charge is 0.249 e. The van der Waals surface area contributed by atoms with Crippen LogP contribution in [-0.4, -0.2) is 15.9 Å². The van der Waals surface area contributed by atoms with E-state index in [4.69, 9.17) is 5.73 Å². The van der Waals surface area contributed by atoms with Crippen LogP contribution in [0, 0.1) is 0 Å². The Morgan fingerprint density at radius 1 is 0.966 bits per heavy atom. The van der Waals surface area contributed by atoms with Gasteiger partial charge in [-0.25, -0.2) is 4.98 Å². The zero-order valence-electron chi connectivity index (χ0n) is 16.0. The van der Waals surface area contributed by atoms with Crippen LogP contribution in [0.1, 0.15) is 22.3 Å². The maximum Gasteiger partial charge on any atom is 0.249 e. The van der Waals surface area contributed by atoms with Crippen molar-refractivity contribution in [1.82, 2.24) is 9.97 Å². The van der Waals surface area contributed by atoms with Gasteiger partial charge in [0.25, 0.3) is 0 Å². The van der Waals surface area contributed by atoms with Gasteiger partial charge in [0.15, 0.2) is 0 Å². The quantitative estimate of drug-likeness (QED) is 0.469. The zero-order valence-corrected chi connectivity index (χ0v) is 16.0. The SMILES string of the molecule is C=CCCc1ccc(-c2ccc(-c3cc(C(N)=O)c4cnccc4n3)cc2)cc1. The van der Waals surface area contributed by atoms with Crippen LogP contribution in [0.5, 0.6) is 0 Å². The average molecular weight is 379 g/mol. The molecule has 4 aromatic rings. The highest BCUT2D eigenvalue weighted by molar-refractivity contribution is 6.06. The maximum atomic E-state index is 11.9. The Balaban J connectivity index is 1.66. The van der Waals surface area contributed by atoms with E-state index in [1.54, 1.807) is 24.5 Å². The lowest BCUT2D eigenvalue weighted by molar-refractivity contribution is 0.100. The second kappa shape index (κ2) is 8.07. The number of allylic oxidation sites excluding steroid dienone is 1. The van der Waals surface area contributed by atoms with Crippen molar-refractivity contribution in [2.45, 2.75) is 12.8 Å². The van der Waals surface area contributed by atoms with Crippen molar-refractivity contribution in [3.63, 3.8) is 0 Å². The summed E-state index contributed by atoms with van der Waals surface area (Å²) < 4.78 is 0. The fourth-order valence-corrected chi connectivity index (χ4v) is 3.39. The molecule has 0 saturated carbocycles. The summed E-state index contributed by atoms with van der Waals surface area (Å²) in [7, 11) is 0. The van der Waals surface area contributed by atoms with E-state index in [1.165, 1.54) is 5.56 Å². The predicted octanol–water partition coefficient (Wildman–Crippen LogP) is 5.18. The van der Waals surface area contributed by atoms with Crippen molar-refractivity contribution < 1.29 is 4.79 Å². The molecular weight excluding hydrogens is 358 g/mol. The minimum atomic E-state index is -0.486. The molecule has 0 bridgehead atoms. The van der Waals surface area contributed by atoms with Gasteiger partial charge in [0.05, 0.1) is 16.8 Å². The van der Waals surface area contributed by atoms with E-state index in [-0.39, 0.29) is 0 Å². The predicted molar refractivity (Wildman–Crippen MR) is 117 cm³/mol. The third-order valence-corrected chi connectivity index (χ3v) is 4.98. The lowest BCUT2D eigenvalue weighted by Crippen LogP contribution is -2.12. The lowest BCUT2D eigenvalue weighted by Gasteiger charge is -2.09. The van der Waals surface area contributed by atoms with Gasteiger partial charge in [0.2, 0.25) is 5.91 Å². The third kappa shape index (κ3) is 3.92. The maximum absolute atomic E-state index is 11.9. The Morgan fingerprint density at radius 2 is 1.62 bits per heavy atom. The molecule has 142 valence electrons. The number of hydrogen-bond acceptors (Lipinski definition) is 3. The molecule has 2 heterocycles. The van der Waals surface area contributed by atoms with Gasteiger partial charge in [0.1, 0.15) is 0 Å². The number of aryl methyl sites for hydroxylation is 1. The Morgan fingerprint density at radius 3 is 2.28 bits per heavy atom. The molecule has 0 aliphatic heterocycles. The molecule has 1 amide bonds. The summed E-state index contributed by atoms with van der Waals surface area (Å²) >= 11 is 0. The van der Waals surface area contributed by atoms with Gasteiger partial charge in [-0.05, 0) is 41.7 Å². The number of nitrogens with two attached hydrogens (primary N) is 1. The van der Waals surface area contributed by atoms with Crippen molar-refractivity contribution in [3.8, 4) is 22.4 Å². The number of aromatic nitrogens is 2. The van der Waals surface area contributed by atoms with Crippen LogP contribution < -0.4 is 5.73 Å². The summed E-state index contributed by atoms with van der Waals surface area (Å²) in [6.45, 7) is 3.77. The van der Waals surface area contributed by atoms with Gasteiger partial charge in [-0.15, -0.1) is 6.58 Å². The summed E-state index contributed by atoms with van der Waals surface area (Å²) in [5.41, 5.74) is 11.9. The molecule has 0 aliphatic carbocycles. The van der Waals surface area contributed by atoms with Crippen molar-refractivity contribution >= 4 is 16.8 Å². The highest BCUT2D eigenvalue weighted by atomic mass is 16.1. The highest BCUT2D eigenvalue weighted by Gasteiger charge is 2.12. The van der Waals surface area contributed by atoms with Gasteiger partial charge in [0, 0.05) is 23.3 Å². The molecule has 2 N–H and O–H groups in total. The van der Waals surface area contributed by atoms with Crippen LogP contribution in [0.15, 0.2) is 85.7 Å². The third-order valence-electron chi connectivity index (χ3n) is 4.98. The zero-order chi connectivity index (χ0) is 20.2. The normalized spacial score (nSPS) is 10.8. The molecule has 0 saturated heterocycles. The molecule has 2 aromatic heterocycles. The van der Waals surface area contributed by atoms with Crippen LogP contribution in [0.25, 0.3) is 33.3 Å². The first-order valence-electron chi connectivity index (χ1n) is 9.51. The molecule has 0 unspecified atom stereocenters. The molecule has 0 aliphatic rings. The van der Waals surface area contributed by atoms with Gasteiger partial charge in [-0.2, -0.15) is 0 Å². The van der Waals surface area contributed by atoms with Gasteiger partial charge in [-0.3, -0.25) is 9.78 Å². The lowest BCUT2D eigenvalue weighted by atomic mass is 9.99. The molecule has 4 nitrogen and oxygen atoms in total. The molecule has 0 fully saturated rings. The molecular formula is C25H21N3O. The molecule has 4 rings (SSSR count). The summed E-state index contributed by atoms with van der Waals surface area (Å²) in [4.78, 5) is 20.6. The van der Waals surface area contributed by atoms with E-state index in [2.05, 4.69) is 52.9 Å². The first-order chi connectivity index (χ1) is 14.2. The first kappa shape index (κ1) is 18.6. The Labute approximate surface area is 169 Å². The number of rotatable bonds is 6. The largest absolute Gasteiger partial charge is 0.366 e. The molecule has 4 heteroatoms. The van der Waals surface area contributed by atoms with Crippen molar-refractivity contribution in [2.24, 2.45) is 5.73 Å². The molecule has 29 heavy (non-hydrogen) atoms. The molecule has 0 radical (unpaired) electrons. The van der Waals surface area contributed by atoms with Crippen LogP contribution >= 0.6 is 0 Å². The Kier molecular flexibility index (Phi) is 5.16. The number of primary amides is 1. The number of hydrogen-bond donors (Lipinski definition) is 1. The second-order valence-corrected chi connectivity index (χ2v) is 6.91. The fraction of sp³-hybridized carbons (Fsp3) is 0.0800. The first-order valence-corrected chi connectivity index (χ1v) is 9.51. The summed E-state index contributed by atoms with van der Waals surface area (Å²) in [5.74, 6) is -0.486. The van der Waals surface area contributed by atoms with E-state index in [0.29, 0.717) is 22.2 Å². The van der Waals surface area contributed by atoms with E-state index in [0.717, 1.165) is 29.5 Å². The summed E-state index contributed by atoms with van der Waals surface area (Å²) in [5, 5.41) is 0.664. The minimum absolute atomic E-state index is 0.428. The number of carbonyl (C=O) groups excluding carboxylic acids is 1. The van der Waals surface area contributed by atoms with Gasteiger partial charge >= 0.3 is 0 Å². The van der Waals surface area contributed by atoms with Crippen LogP contribution in [0.2, 0.25) is 0 Å². The van der Waals surface area contributed by atoms with Crippen molar-refractivity contribution in [1.29, 1.82) is 0 Å². The van der Waals surface area contributed by atoms with Crippen LogP contribution in [-0.2, 0) is 6.42 Å². The molecule has 0 atom stereocenters. The topological polar surface area (TPSA) is 68.9 Å². The number of carbonyl (C=O) groups is 1. The van der Waals surface area contributed by atoms with E-state index in [1.807, 2.05) is 18.2 Å². The van der Waals surface area contributed by atoms with Gasteiger partial charge < -0.3 is 5.73 Å². The summed E-state index contributed by atoms with van der Waals surface area (Å²) in [6, 6.07) is 20.3. The monoisotopic (exact) mass is 379 g/mol. The number of pyridine rings is 2. The van der Waals surface area contributed by atoms with E-state index in [9.17, 15) is 4.79 Å². The number of benzene rings is 2. The van der Waals surface area contributed by atoms with E-state index < -0.39 is 5.91 Å². The van der Waals surface area contributed by atoms with Crippen LogP contribution in [0.3, 0.4) is 0 Å². The fourth-order valence-electron chi connectivity index (χ4n) is 3.39. The minimum Gasteiger partial charge on any atom is -0.366 e. The Hall–Kier alpha value is -3.79. The second-order valence-electron chi connectivity index (χ2n) is 6.91. The summed E-state index contributed by atoms with van der Waals surface area (Å²) in [6.07, 6.45) is 7.21. The number of amides is 1.